The van der Waals surface area contributed by atoms with Gasteiger partial charge in [0, 0.05) is 17.3 Å². The Morgan fingerprint density at radius 1 is 0.944 bits per heavy atom. The van der Waals surface area contributed by atoms with E-state index >= 15 is 0 Å². The van der Waals surface area contributed by atoms with Crippen LogP contribution in [-0.4, -0.2) is 0 Å². The van der Waals surface area contributed by atoms with E-state index in [0.717, 1.165) is 24.3 Å². The molecule has 0 atom stereocenters. The Morgan fingerprint density at radius 3 is 2.33 bits per heavy atom. The highest BCUT2D eigenvalue weighted by molar-refractivity contribution is 5.46. The maximum atomic E-state index is 13.3. The second-order valence-electron chi connectivity index (χ2n) is 3.71. The lowest BCUT2D eigenvalue weighted by Gasteiger charge is -2.09. The van der Waals surface area contributed by atoms with Crippen LogP contribution in [0.2, 0.25) is 0 Å². The van der Waals surface area contributed by atoms with Gasteiger partial charge in [-0.3, -0.25) is 0 Å². The first-order valence-corrected chi connectivity index (χ1v) is 5.18. The van der Waals surface area contributed by atoms with Gasteiger partial charge in [0.05, 0.1) is 0 Å². The van der Waals surface area contributed by atoms with Crippen LogP contribution in [0.25, 0.3) is 0 Å². The van der Waals surface area contributed by atoms with Gasteiger partial charge >= 0.3 is 0 Å². The summed E-state index contributed by atoms with van der Waals surface area (Å²) in [5, 5.41) is 0. The van der Waals surface area contributed by atoms with Crippen LogP contribution in [-0.2, 0) is 6.61 Å². The van der Waals surface area contributed by atoms with Crippen LogP contribution in [0.1, 0.15) is 5.56 Å². The number of hydrogen-bond acceptors (Lipinski definition) is 2. The average molecular weight is 253 g/mol. The van der Waals surface area contributed by atoms with Gasteiger partial charge in [0.15, 0.2) is 11.6 Å². The van der Waals surface area contributed by atoms with Crippen molar-refractivity contribution in [2.75, 3.05) is 5.73 Å². The van der Waals surface area contributed by atoms with Gasteiger partial charge in [-0.15, -0.1) is 0 Å². The molecule has 2 aromatic rings. The van der Waals surface area contributed by atoms with E-state index in [-0.39, 0.29) is 18.0 Å². The number of hydrogen-bond donors (Lipinski definition) is 1. The number of nitrogen functional groups attached to an aromatic ring is 1. The van der Waals surface area contributed by atoms with E-state index in [1.807, 2.05) is 0 Å². The zero-order valence-electron chi connectivity index (χ0n) is 9.29. The van der Waals surface area contributed by atoms with Gasteiger partial charge in [0.25, 0.3) is 0 Å². The number of anilines is 1. The Balaban J connectivity index is 2.13. The van der Waals surface area contributed by atoms with Crippen LogP contribution in [0.4, 0.5) is 18.9 Å². The van der Waals surface area contributed by atoms with Crippen molar-refractivity contribution in [3.63, 3.8) is 0 Å². The predicted molar refractivity (Wildman–Crippen MR) is 61.5 cm³/mol. The van der Waals surface area contributed by atoms with Crippen LogP contribution < -0.4 is 10.5 Å². The standard InChI is InChI=1S/C13H10F3NO/c14-9-2-1-8(12(17)5-9)7-18-13-6-10(15)3-4-11(13)16/h1-6H,7,17H2. The lowest BCUT2D eigenvalue weighted by molar-refractivity contribution is 0.289. The molecular formula is C13H10F3NO. The molecule has 18 heavy (non-hydrogen) atoms. The quantitative estimate of drug-likeness (QED) is 0.852. The Bertz CT molecular complexity index is 572. The summed E-state index contributed by atoms with van der Waals surface area (Å²) in [5.41, 5.74) is 6.27. The third-order valence-electron chi connectivity index (χ3n) is 2.38. The van der Waals surface area contributed by atoms with E-state index in [4.69, 9.17) is 10.5 Å². The molecule has 0 heterocycles. The van der Waals surface area contributed by atoms with Gasteiger partial charge in [-0.25, -0.2) is 13.2 Å². The highest BCUT2D eigenvalue weighted by atomic mass is 19.1. The number of nitrogens with two attached hydrogens (primary N) is 1. The molecule has 0 saturated carbocycles. The highest BCUT2D eigenvalue weighted by Gasteiger charge is 2.07. The number of halogens is 3. The third-order valence-corrected chi connectivity index (χ3v) is 2.38. The van der Waals surface area contributed by atoms with Crippen molar-refractivity contribution >= 4 is 5.69 Å². The molecule has 0 bridgehead atoms. The van der Waals surface area contributed by atoms with Gasteiger partial charge in [-0.05, 0) is 24.3 Å². The fourth-order valence-electron chi connectivity index (χ4n) is 1.44. The first-order valence-electron chi connectivity index (χ1n) is 5.18. The lowest BCUT2D eigenvalue weighted by Crippen LogP contribution is -2.02. The molecule has 0 radical (unpaired) electrons. The lowest BCUT2D eigenvalue weighted by atomic mass is 10.2. The monoisotopic (exact) mass is 253 g/mol. The molecule has 2 rings (SSSR count). The van der Waals surface area contributed by atoms with Crippen molar-refractivity contribution in [3.05, 3.63) is 59.4 Å². The normalized spacial score (nSPS) is 10.4. The average Bonchev–Trinajstić information content (AvgIpc) is 2.32. The molecule has 94 valence electrons. The molecule has 0 amide bonds. The van der Waals surface area contributed by atoms with E-state index in [0.29, 0.717) is 5.56 Å². The van der Waals surface area contributed by atoms with Gasteiger partial charge in [-0.1, -0.05) is 6.07 Å². The summed E-state index contributed by atoms with van der Waals surface area (Å²) < 4.78 is 44.0. The molecule has 0 aliphatic heterocycles. The molecule has 2 N–H and O–H groups in total. The number of ether oxygens (including phenoxy) is 1. The Morgan fingerprint density at radius 2 is 1.61 bits per heavy atom. The summed E-state index contributed by atoms with van der Waals surface area (Å²) >= 11 is 0. The predicted octanol–water partition coefficient (Wildman–Crippen LogP) is 3.27. The Labute approximate surface area is 102 Å². The van der Waals surface area contributed by atoms with Crippen molar-refractivity contribution in [1.29, 1.82) is 0 Å². The zero-order chi connectivity index (χ0) is 13.1. The van der Waals surface area contributed by atoms with Crippen molar-refractivity contribution < 1.29 is 17.9 Å². The van der Waals surface area contributed by atoms with Crippen LogP contribution in [0.5, 0.6) is 5.75 Å². The van der Waals surface area contributed by atoms with E-state index in [9.17, 15) is 13.2 Å². The fourth-order valence-corrected chi connectivity index (χ4v) is 1.44. The topological polar surface area (TPSA) is 35.2 Å². The smallest absolute Gasteiger partial charge is 0.165 e. The van der Waals surface area contributed by atoms with Crippen LogP contribution >= 0.6 is 0 Å². The molecule has 2 aromatic carbocycles. The molecule has 0 saturated heterocycles. The minimum atomic E-state index is -0.669. The summed E-state index contributed by atoms with van der Waals surface area (Å²) in [7, 11) is 0. The number of rotatable bonds is 3. The highest BCUT2D eigenvalue weighted by Crippen LogP contribution is 2.21. The van der Waals surface area contributed by atoms with Gasteiger partial charge in [-0.2, -0.15) is 0 Å². The minimum Gasteiger partial charge on any atom is -0.486 e. The summed E-state index contributed by atoms with van der Waals surface area (Å²) in [6.07, 6.45) is 0. The van der Waals surface area contributed by atoms with E-state index < -0.39 is 17.5 Å². The molecular weight excluding hydrogens is 243 g/mol. The maximum absolute atomic E-state index is 13.3. The van der Waals surface area contributed by atoms with E-state index in [1.54, 1.807) is 0 Å². The Hall–Kier alpha value is -2.17. The molecule has 0 fully saturated rings. The van der Waals surface area contributed by atoms with E-state index in [1.165, 1.54) is 12.1 Å². The molecule has 0 aliphatic rings. The van der Waals surface area contributed by atoms with Crippen molar-refractivity contribution in [3.8, 4) is 5.75 Å². The van der Waals surface area contributed by atoms with Gasteiger partial charge in [0.1, 0.15) is 18.2 Å². The third kappa shape index (κ3) is 2.74. The summed E-state index contributed by atoms with van der Waals surface area (Å²) in [6.45, 7) is -0.0630. The molecule has 0 spiro atoms. The van der Waals surface area contributed by atoms with Crippen LogP contribution in [0, 0.1) is 17.5 Å². The van der Waals surface area contributed by atoms with Crippen molar-refractivity contribution in [2.45, 2.75) is 6.61 Å². The van der Waals surface area contributed by atoms with Crippen LogP contribution in [0.15, 0.2) is 36.4 Å². The molecule has 0 unspecified atom stereocenters. The zero-order valence-corrected chi connectivity index (χ0v) is 9.29. The molecule has 0 aromatic heterocycles. The first kappa shape index (κ1) is 12.3. The fraction of sp³-hybridized carbons (Fsp3) is 0.0769. The van der Waals surface area contributed by atoms with Crippen molar-refractivity contribution in [1.82, 2.24) is 0 Å². The SMILES string of the molecule is Nc1cc(F)ccc1COc1cc(F)ccc1F. The molecule has 2 nitrogen and oxygen atoms in total. The minimum absolute atomic E-state index is 0.0630. The van der Waals surface area contributed by atoms with Crippen molar-refractivity contribution in [2.24, 2.45) is 0 Å². The molecule has 0 aliphatic carbocycles. The second-order valence-corrected chi connectivity index (χ2v) is 3.71. The largest absolute Gasteiger partial charge is 0.486 e. The van der Waals surface area contributed by atoms with Gasteiger partial charge in [0.2, 0.25) is 0 Å². The molecule has 5 heteroatoms. The second kappa shape index (κ2) is 5.00. The number of benzene rings is 2. The summed E-state index contributed by atoms with van der Waals surface area (Å²) in [5.74, 6) is -1.94. The van der Waals surface area contributed by atoms with E-state index in [2.05, 4.69) is 0 Å². The summed E-state index contributed by atoms with van der Waals surface area (Å²) in [4.78, 5) is 0. The Kier molecular flexibility index (Phi) is 3.41. The van der Waals surface area contributed by atoms with Crippen LogP contribution in [0.3, 0.4) is 0 Å². The summed E-state index contributed by atoms with van der Waals surface area (Å²) in [6, 6.07) is 6.70. The van der Waals surface area contributed by atoms with Gasteiger partial charge < -0.3 is 10.5 Å². The maximum Gasteiger partial charge on any atom is 0.165 e. The first-order chi connectivity index (χ1) is 8.56.